The molecule has 0 amide bonds. The van der Waals surface area contributed by atoms with Crippen LogP contribution in [0.4, 0.5) is 5.95 Å². The molecular formula is C16H28N4O. The van der Waals surface area contributed by atoms with Crippen LogP contribution >= 0.6 is 0 Å². The Balaban J connectivity index is 2.09. The molecule has 1 aromatic heterocycles. The topological polar surface area (TPSA) is 50.3 Å². The Morgan fingerprint density at radius 1 is 1.33 bits per heavy atom. The van der Waals surface area contributed by atoms with E-state index in [1.807, 2.05) is 19.9 Å². The molecule has 0 aliphatic carbocycles. The van der Waals surface area contributed by atoms with E-state index < -0.39 is 0 Å². The number of hydrogen-bond acceptors (Lipinski definition) is 5. The van der Waals surface area contributed by atoms with Gasteiger partial charge in [0.25, 0.3) is 0 Å². The van der Waals surface area contributed by atoms with Gasteiger partial charge in [-0.05, 0) is 47.1 Å². The first-order chi connectivity index (χ1) is 10.1. The van der Waals surface area contributed by atoms with Gasteiger partial charge in [-0.1, -0.05) is 6.42 Å². The molecule has 1 unspecified atom stereocenters. The van der Waals surface area contributed by atoms with Crippen molar-refractivity contribution >= 4 is 5.95 Å². The fraction of sp³-hybridized carbons (Fsp3) is 0.750. The molecular weight excluding hydrogens is 264 g/mol. The fourth-order valence-corrected chi connectivity index (χ4v) is 2.62. The zero-order valence-electron chi connectivity index (χ0n) is 13.7. The Bertz CT molecular complexity index is 430. The highest BCUT2D eigenvalue weighted by Crippen LogP contribution is 2.18. The molecule has 1 atom stereocenters. The van der Waals surface area contributed by atoms with Gasteiger partial charge in [0.1, 0.15) is 0 Å². The van der Waals surface area contributed by atoms with Crippen LogP contribution in [0.5, 0.6) is 5.88 Å². The lowest BCUT2D eigenvalue weighted by molar-refractivity contribution is 0.232. The van der Waals surface area contributed by atoms with E-state index in [9.17, 15) is 0 Å². The van der Waals surface area contributed by atoms with E-state index in [-0.39, 0.29) is 6.10 Å². The summed E-state index contributed by atoms with van der Waals surface area (Å²) in [7, 11) is 0. The van der Waals surface area contributed by atoms with Gasteiger partial charge in [0.15, 0.2) is 0 Å². The van der Waals surface area contributed by atoms with Gasteiger partial charge >= 0.3 is 0 Å². The first-order valence-corrected chi connectivity index (χ1v) is 8.06. The van der Waals surface area contributed by atoms with E-state index in [2.05, 4.69) is 34.0 Å². The SMILES string of the molecule is CC(C)Oc1ccnc(N(CC2CCCCN2)C(C)C)n1. The number of anilines is 1. The number of nitrogens with zero attached hydrogens (tertiary/aromatic N) is 3. The zero-order chi connectivity index (χ0) is 15.2. The number of aromatic nitrogens is 2. The van der Waals surface area contributed by atoms with Gasteiger partial charge in [-0.25, -0.2) is 4.98 Å². The molecule has 0 aromatic carbocycles. The molecule has 1 aliphatic rings. The Morgan fingerprint density at radius 3 is 2.76 bits per heavy atom. The predicted molar refractivity (Wildman–Crippen MR) is 85.9 cm³/mol. The average Bonchev–Trinajstić information content (AvgIpc) is 2.45. The number of nitrogens with one attached hydrogen (secondary N) is 1. The summed E-state index contributed by atoms with van der Waals surface area (Å²) in [5, 5.41) is 3.59. The molecule has 118 valence electrons. The molecule has 1 saturated heterocycles. The van der Waals surface area contributed by atoms with Gasteiger partial charge in [-0.15, -0.1) is 0 Å². The molecule has 2 heterocycles. The first-order valence-electron chi connectivity index (χ1n) is 8.06. The summed E-state index contributed by atoms with van der Waals surface area (Å²) in [6, 6.07) is 2.71. The van der Waals surface area contributed by atoms with Crippen molar-refractivity contribution in [2.24, 2.45) is 0 Å². The third-order valence-corrected chi connectivity index (χ3v) is 3.68. The molecule has 2 rings (SSSR count). The van der Waals surface area contributed by atoms with Crippen molar-refractivity contribution in [2.45, 2.75) is 65.1 Å². The predicted octanol–water partition coefficient (Wildman–Crippen LogP) is 2.62. The van der Waals surface area contributed by atoms with Crippen LogP contribution in [0.2, 0.25) is 0 Å². The van der Waals surface area contributed by atoms with E-state index >= 15 is 0 Å². The number of rotatable bonds is 6. The Hall–Kier alpha value is -1.36. The highest BCUT2D eigenvalue weighted by Gasteiger charge is 2.21. The number of ether oxygens (including phenoxy) is 1. The summed E-state index contributed by atoms with van der Waals surface area (Å²) in [4.78, 5) is 11.3. The second-order valence-electron chi connectivity index (χ2n) is 6.25. The lowest BCUT2D eigenvalue weighted by Gasteiger charge is -2.33. The van der Waals surface area contributed by atoms with Crippen LogP contribution in [-0.2, 0) is 0 Å². The Kier molecular flexibility index (Phi) is 5.79. The van der Waals surface area contributed by atoms with Crippen LogP contribution in [0, 0.1) is 0 Å². The molecule has 0 radical (unpaired) electrons. The maximum Gasteiger partial charge on any atom is 0.228 e. The van der Waals surface area contributed by atoms with Gasteiger partial charge in [-0.3, -0.25) is 0 Å². The van der Waals surface area contributed by atoms with E-state index in [1.165, 1.54) is 19.3 Å². The fourth-order valence-electron chi connectivity index (χ4n) is 2.62. The van der Waals surface area contributed by atoms with Crippen LogP contribution in [0.3, 0.4) is 0 Å². The van der Waals surface area contributed by atoms with Gasteiger partial charge in [0.05, 0.1) is 6.10 Å². The first kappa shape index (κ1) is 16.0. The van der Waals surface area contributed by atoms with Crippen molar-refractivity contribution in [3.63, 3.8) is 0 Å². The van der Waals surface area contributed by atoms with Gasteiger partial charge in [0.2, 0.25) is 11.8 Å². The van der Waals surface area contributed by atoms with Crippen LogP contribution in [0.15, 0.2) is 12.3 Å². The molecule has 1 N–H and O–H groups in total. The molecule has 0 bridgehead atoms. The number of hydrogen-bond donors (Lipinski definition) is 1. The number of piperidine rings is 1. The van der Waals surface area contributed by atoms with Crippen molar-refractivity contribution in [3.8, 4) is 5.88 Å². The minimum absolute atomic E-state index is 0.125. The van der Waals surface area contributed by atoms with Crippen molar-refractivity contribution in [3.05, 3.63) is 12.3 Å². The highest BCUT2D eigenvalue weighted by atomic mass is 16.5. The molecule has 5 heteroatoms. The lowest BCUT2D eigenvalue weighted by Crippen LogP contribution is -2.46. The normalized spacial score (nSPS) is 19.0. The van der Waals surface area contributed by atoms with Gasteiger partial charge in [0, 0.05) is 30.9 Å². The highest BCUT2D eigenvalue weighted by molar-refractivity contribution is 5.33. The molecule has 1 fully saturated rings. The second-order valence-corrected chi connectivity index (χ2v) is 6.25. The quantitative estimate of drug-likeness (QED) is 0.873. The Labute approximate surface area is 128 Å². The van der Waals surface area contributed by atoms with Crippen molar-refractivity contribution < 1.29 is 4.74 Å². The van der Waals surface area contributed by atoms with Crippen LogP contribution in [0.25, 0.3) is 0 Å². The summed E-state index contributed by atoms with van der Waals surface area (Å²) in [5.74, 6) is 1.41. The molecule has 1 aromatic rings. The molecule has 21 heavy (non-hydrogen) atoms. The lowest BCUT2D eigenvalue weighted by atomic mass is 10.0. The molecule has 5 nitrogen and oxygen atoms in total. The average molecular weight is 292 g/mol. The summed E-state index contributed by atoms with van der Waals surface area (Å²) >= 11 is 0. The van der Waals surface area contributed by atoms with Crippen LogP contribution in [0.1, 0.15) is 47.0 Å². The maximum absolute atomic E-state index is 5.68. The zero-order valence-corrected chi connectivity index (χ0v) is 13.7. The van der Waals surface area contributed by atoms with Gasteiger partial charge in [-0.2, -0.15) is 4.98 Å². The van der Waals surface area contributed by atoms with Crippen LogP contribution < -0.4 is 15.0 Å². The molecule has 1 aliphatic heterocycles. The summed E-state index contributed by atoms with van der Waals surface area (Å²) in [6.07, 6.45) is 5.72. The largest absolute Gasteiger partial charge is 0.475 e. The minimum Gasteiger partial charge on any atom is -0.475 e. The van der Waals surface area contributed by atoms with E-state index in [4.69, 9.17) is 4.74 Å². The molecule has 0 spiro atoms. The second kappa shape index (κ2) is 7.59. The van der Waals surface area contributed by atoms with Crippen molar-refractivity contribution in [2.75, 3.05) is 18.0 Å². The monoisotopic (exact) mass is 292 g/mol. The van der Waals surface area contributed by atoms with E-state index in [0.29, 0.717) is 18.0 Å². The van der Waals surface area contributed by atoms with Crippen LogP contribution in [-0.4, -0.2) is 41.2 Å². The third-order valence-electron chi connectivity index (χ3n) is 3.68. The maximum atomic E-state index is 5.68. The van der Waals surface area contributed by atoms with Gasteiger partial charge < -0.3 is 15.0 Å². The summed E-state index contributed by atoms with van der Waals surface area (Å²) < 4.78 is 5.68. The van der Waals surface area contributed by atoms with E-state index in [0.717, 1.165) is 19.0 Å². The van der Waals surface area contributed by atoms with Crippen molar-refractivity contribution in [1.82, 2.24) is 15.3 Å². The Morgan fingerprint density at radius 2 is 2.14 bits per heavy atom. The van der Waals surface area contributed by atoms with E-state index in [1.54, 1.807) is 6.20 Å². The minimum atomic E-state index is 0.125. The standard InChI is InChI=1S/C16H28N4O/c1-12(2)20(11-14-7-5-6-9-17-14)16-18-10-8-15(19-16)21-13(3)4/h8,10,12-14,17H,5-7,9,11H2,1-4H3. The summed E-state index contributed by atoms with van der Waals surface area (Å²) in [6.45, 7) is 10.4. The molecule has 0 saturated carbocycles. The smallest absolute Gasteiger partial charge is 0.228 e. The van der Waals surface area contributed by atoms with Crippen molar-refractivity contribution in [1.29, 1.82) is 0 Å². The third kappa shape index (κ3) is 4.84. The summed E-state index contributed by atoms with van der Waals surface area (Å²) in [5.41, 5.74) is 0.